The van der Waals surface area contributed by atoms with Crippen LogP contribution in [0, 0.1) is 0 Å². The number of benzene rings is 2. The fourth-order valence-electron chi connectivity index (χ4n) is 3.98. The fraction of sp³-hybridized carbons (Fsp3) is 0.458. The van der Waals surface area contributed by atoms with Crippen LogP contribution in [0.2, 0.25) is 0 Å². The highest BCUT2D eigenvalue weighted by Gasteiger charge is 2.24. The van der Waals surface area contributed by atoms with E-state index in [0.717, 1.165) is 18.4 Å². The van der Waals surface area contributed by atoms with Gasteiger partial charge in [0.05, 0.1) is 17.6 Å². The zero-order chi connectivity index (χ0) is 22.6. The highest BCUT2D eigenvalue weighted by Crippen LogP contribution is 2.28. The third-order valence-corrected chi connectivity index (χ3v) is 7.10. The van der Waals surface area contributed by atoms with Gasteiger partial charge in [-0.2, -0.15) is 0 Å². The van der Waals surface area contributed by atoms with E-state index in [4.69, 9.17) is 4.74 Å². The van der Waals surface area contributed by atoms with Gasteiger partial charge in [-0.15, -0.1) is 0 Å². The number of rotatable bonds is 8. The van der Waals surface area contributed by atoms with Crippen molar-refractivity contribution in [2.45, 2.75) is 69.9 Å². The topological polar surface area (TPSA) is 84.5 Å². The zero-order valence-electron chi connectivity index (χ0n) is 18.7. The summed E-state index contributed by atoms with van der Waals surface area (Å²) in [5.74, 6) is -0.0375. The average Bonchev–Trinajstić information content (AvgIpc) is 2.76. The molecule has 2 N–H and O–H groups in total. The number of sulfonamides is 1. The minimum absolute atomic E-state index is 0.0404. The van der Waals surface area contributed by atoms with E-state index in [9.17, 15) is 13.2 Å². The molecule has 1 unspecified atom stereocenters. The summed E-state index contributed by atoms with van der Waals surface area (Å²) in [6.45, 7) is 5.65. The van der Waals surface area contributed by atoms with E-state index < -0.39 is 10.0 Å². The third-order valence-electron chi connectivity index (χ3n) is 5.63. The normalized spacial score (nSPS) is 14.7. The van der Waals surface area contributed by atoms with Gasteiger partial charge in [0.1, 0.15) is 5.75 Å². The molecule has 1 aliphatic carbocycles. The number of hydrogen-bond acceptors (Lipinski definition) is 4. The largest absolute Gasteiger partial charge is 0.496 e. The molecule has 0 heterocycles. The van der Waals surface area contributed by atoms with Crippen molar-refractivity contribution in [1.29, 1.82) is 0 Å². The molecule has 0 fully saturated rings. The van der Waals surface area contributed by atoms with Gasteiger partial charge in [-0.05, 0) is 80.8 Å². The Hall–Kier alpha value is -2.38. The molecule has 0 radical (unpaired) electrons. The van der Waals surface area contributed by atoms with E-state index in [1.54, 1.807) is 0 Å². The van der Waals surface area contributed by atoms with Crippen LogP contribution in [0.25, 0.3) is 0 Å². The van der Waals surface area contributed by atoms with Crippen molar-refractivity contribution in [3.63, 3.8) is 0 Å². The van der Waals surface area contributed by atoms with Crippen molar-refractivity contribution < 1.29 is 17.9 Å². The number of amides is 1. The molecule has 0 saturated carbocycles. The van der Waals surface area contributed by atoms with Crippen molar-refractivity contribution >= 4 is 15.9 Å². The number of carbonyl (C=O) groups is 1. The number of fused-ring (bicyclic) bond motifs is 1. The number of ether oxygens (including phenoxy) is 1. The zero-order valence-corrected chi connectivity index (χ0v) is 19.5. The molecule has 2 aromatic carbocycles. The first-order chi connectivity index (χ1) is 14.7. The monoisotopic (exact) mass is 444 g/mol. The molecule has 168 valence electrons. The third kappa shape index (κ3) is 5.46. The van der Waals surface area contributed by atoms with E-state index >= 15 is 0 Å². The summed E-state index contributed by atoms with van der Waals surface area (Å²) in [5.41, 5.74) is 3.85. The predicted octanol–water partition coefficient (Wildman–Crippen LogP) is 4.14. The maximum atomic E-state index is 13.2. The standard InChI is InChI=1S/C24H32N2O4S/c1-5-22(19-11-10-17-8-6-7-9-18(17)14-19)26-31(28,29)20-12-13-23(30-4)21(15-20)24(27)25-16(2)3/h10-16,22,26H,5-9H2,1-4H3,(H,25,27). The molecule has 1 atom stereocenters. The Kier molecular flexibility index (Phi) is 7.38. The van der Waals surface area contributed by atoms with Crippen LogP contribution in [-0.2, 0) is 22.9 Å². The first-order valence-corrected chi connectivity index (χ1v) is 12.4. The summed E-state index contributed by atoms with van der Waals surface area (Å²) in [6, 6.07) is 10.2. The molecule has 0 spiro atoms. The Bertz CT molecular complexity index is 1050. The van der Waals surface area contributed by atoms with Crippen LogP contribution in [0.1, 0.15) is 73.1 Å². The van der Waals surface area contributed by atoms with Gasteiger partial charge in [0.2, 0.25) is 10.0 Å². The fourth-order valence-corrected chi connectivity index (χ4v) is 5.32. The van der Waals surface area contributed by atoms with Crippen molar-refractivity contribution in [1.82, 2.24) is 10.0 Å². The molecule has 2 aromatic rings. The van der Waals surface area contributed by atoms with Gasteiger partial charge in [0.15, 0.2) is 0 Å². The predicted molar refractivity (Wildman–Crippen MR) is 122 cm³/mol. The summed E-state index contributed by atoms with van der Waals surface area (Å²) in [4.78, 5) is 12.6. The number of carbonyl (C=O) groups excluding carboxylic acids is 1. The number of methoxy groups -OCH3 is 1. The van der Waals surface area contributed by atoms with Crippen molar-refractivity contribution in [3.05, 3.63) is 58.7 Å². The lowest BCUT2D eigenvalue weighted by molar-refractivity contribution is 0.0940. The van der Waals surface area contributed by atoms with Gasteiger partial charge in [-0.25, -0.2) is 13.1 Å². The van der Waals surface area contributed by atoms with Crippen LogP contribution in [0.4, 0.5) is 0 Å². The minimum Gasteiger partial charge on any atom is -0.496 e. The number of hydrogen-bond donors (Lipinski definition) is 2. The van der Waals surface area contributed by atoms with E-state index in [2.05, 4.69) is 22.2 Å². The van der Waals surface area contributed by atoms with Gasteiger partial charge < -0.3 is 10.1 Å². The summed E-state index contributed by atoms with van der Waals surface area (Å²) in [7, 11) is -2.38. The highest BCUT2D eigenvalue weighted by molar-refractivity contribution is 7.89. The molecule has 3 rings (SSSR count). The Balaban J connectivity index is 1.89. The van der Waals surface area contributed by atoms with Gasteiger partial charge in [-0.3, -0.25) is 4.79 Å². The molecule has 0 aromatic heterocycles. The molecular weight excluding hydrogens is 412 g/mol. The van der Waals surface area contributed by atoms with Gasteiger partial charge in [-0.1, -0.05) is 25.1 Å². The summed E-state index contributed by atoms with van der Waals surface area (Å²) < 4.78 is 34.4. The summed E-state index contributed by atoms with van der Waals surface area (Å²) in [5, 5.41) is 2.79. The lowest BCUT2D eigenvalue weighted by atomic mass is 9.89. The van der Waals surface area contributed by atoms with Crippen LogP contribution in [0.5, 0.6) is 5.75 Å². The van der Waals surface area contributed by atoms with E-state index in [1.165, 1.54) is 49.3 Å². The van der Waals surface area contributed by atoms with Crippen LogP contribution >= 0.6 is 0 Å². The van der Waals surface area contributed by atoms with E-state index in [0.29, 0.717) is 12.2 Å². The maximum Gasteiger partial charge on any atom is 0.255 e. The lowest BCUT2D eigenvalue weighted by Gasteiger charge is -2.22. The Morgan fingerprint density at radius 1 is 1.06 bits per heavy atom. The number of aryl methyl sites for hydroxylation is 2. The quantitative estimate of drug-likeness (QED) is 0.641. The first kappa shape index (κ1) is 23.3. The lowest BCUT2D eigenvalue weighted by Crippen LogP contribution is -2.31. The Morgan fingerprint density at radius 3 is 2.42 bits per heavy atom. The molecule has 0 saturated heterocycles. The number of nitrogens with one attached hydrogen (secondary N) is 2. The first-order valence-electron chi connectivity index (χ1n) is 10.9. The second kappa shape index (κ2) is 9.83. The molecule has 31 heavy (non-hydrogen) atoms. The average molecular weight is 445 g/mol. The molecule has 7 heteroatoms. The van der Waals surface area contributed by atoms with Crippen molar-refractivity contribution in [2.24, 2.45) is 0 Å². The second-order valence-corrected chi connectivity index (χ2v) is 10.0. The van der Waals surface area contributed by atoms with Crippen LogP contribution < -0.4 is 14.8 Å². The summed E-state index contributed by atoms with van der Waals surface area (Å²) >= 11 is 0. The SMILES string of the molecule is CCC(NS(=O)(=O)c1ccc(OC)c(C(=O)NC(C)C)c1)c1ccc2c(c1)CCCC2. The van der Waals surface area contributed by atoms with Crippen LogP contribution in [-0.4, -0.2) is 27.5 Å². The van der Waals surface area contributed by atoms with E-state index in [-0.39, 0.29) is 28.4 Å². The van der Waals surface area contributed by atoms with Crippen molar-refractivity contribution in [3.8, 4) is 5.75 Å². The minimum atomic E-state index is -3.84. The Labute approximate surface area is 185 Å². The van der Waals surface area contributed by atoms with E-state index in [1.807, 2.05) is 26.8 Å². The summed E-state index contributed by atoms with van der Waals surface area (Å²) in [6.07, 6.45) is 5.13. The highest BCUT2D eigenvalue weighted by atomic mass is 32.2. The molecule has 1 amide bonds. The van der Waals surface area contributed by atoms with Crippen LogP contribution in [0.15, 0.2) is 41.3 Å². The maximum absolute atomic E-state index is 13.2. The molecule has 1 aliphatic rings. The second-order valence-electron chi connectivity index (χ2n) is 8.31. The smallest absolute Gasteiger partial charge is 0.255 e. The Morgan fingerprint density at radius 2 is 1.77 bits per heavy atom. The van der Waals surface area contributed by atoms with Gasteiger partial charge >= 0.3 is 0 Å². The molecular formula is C24H32N2O4S. The molecule has 0 bridgehead atoms. The van der Waals surface area contributed by atoms with Gasteiger partial charge in [0.25, 0.3) is 5.91 Å². The van der Waals surface area contributed by atoms with Crippen molar-refractivity contribution in [2.75, 3.05) is 7.11 Å². The molecule has 0 aliphatic heterocycles. The molecule has 6 nitrogen and oxygen atoms in total. The van der Waals surface area contributed by atoms with Crippen LogP contribution in [0.3, 0.4) is 0 Å². The van der Waals surface area contributed by atoms with Gasteiger partial charge in [0, 0.05) is 12.1 Å².